The van der Waals surface area contributed by atoms with Crippen LogP contribution >= 0.6 is 35.0 Å². The maximum absolute atomic E-state index is 12.1. The number of carbonyl (C=O) groups is 1. The van der Waals surface area contributed by atoms with Gasteiger partial charge in [0, 0.05) is 16.8 Å². The monoisotopic (exact) mass is 312 g/mol. The van der Waals surface area contributed by atoms with Gasteiger partial charge in [-0.1, -0.05) is 29.3 Å². The van der Waals surface area contributed by atoms with Gasteiger partial charge < -0.3 is 5.32 Å². The molecule has 0 unspecified atom stereocenters. The van der Waals surface area contributed by atoms with E-state index in [0.29, 0.717) is 11.3 Å². The number of pyridine rings is 1. The fourth-order valence-electron chi connectivity index (χ4n) is 1.49. The molecule has 0 aliphatic heterocycles. The minimum Gasteiger partial charge on any atom is -0.322 e. The van der Waals surface area contributed by atoms with Crippen molar-refractivity contribution in [3.05, 3.63) is 52.3 Å². The molecular formula is C13H10Cl2N2OS. The van der Waals surface area contributed by atoms with E-state index in [9.17, 15) is 4.79 Å². The highest BCUT2D eigenvalue weighted by atomic mass is 35.5. The Balaban J connectivity index is 2.23. The van der Waals surface area contributed by atoms with E-state index in [2.05, 4.69) is 10.3 Å². The molecule has 0 saturated heterocycles. The van der Waals surface area contributed by atoms with E-state index >= 15 is 0 Å². The largest absolute Gasteiger partial charge is 0.322 e. The van der Waals surface area contributed by atoms with Crippen molar-refractivity contribution in [3.63, 3.8) is 0 Å². The molecule has 0 spiro atoms. The molecule has 2 aromatic rings. The average molecular weight is 313 g/mol. The van der Waals surface area contributed by atoms with Crippen LogP contribution in [0.3, 0.4) is 0 Å². The van der Waals surface area contributed by atoms with Gasteiger partial charge in [-0.25, -0.2) is 4.98 Å². The van der Waals surface area contributed by atoms with Crippen LogP contribution in [0.2, 0.25) is 10.2 Å². The van der Waals surface area contributed by atoms with Crippen LogP contribution in [0, 0.1) is 0 Å². The van der Waals surface area contributed by atoms with Gasteiger partial charge in [-0.3, -0.25) is 4.79 Å². The third kappa shape index (κ3) is 3.62. The molecule has 98 valence electrons. The van der Waals surface area contributed by atoms with E-state index in [0.717, 1.165) is 4.90 Å². The smallest absolute Gasteiger partial charge is 0.257 e. The van der Waals surface area contributed by atoms with E-state index in [4.69, 9.17) is 23.2 Å². The predicted molar refractivity (Wildman–Crippen MR) is 80.4 cm³/mol. The van der Waals surface area contributed by atoms with Crippen LogP contribution in [0.1, 0.15) is 10.4 Å². The van der Waals surface area contributed by atoms with E-state index in [1.54, 1.807) is 11.8 Å². The molecule has 0 aliphatic carbocycles. The number of thioether (sulfide) groups is 1. The highest BCUT2D eigenvalue weighted by Gasteiger charge is 2.12. The molecule has 2 rings (SSSR count). The summed E-state index contributed by atoms with van der Waals surface area (Å²) in [4.78, 5) is 17.0. The van der Waals surface area contributed by atoms with Gasteiger partial charge in [0.2, 0.25) is 0 Å². The number of hydrogen-bond donors (Lipinski definition) is 1. The number of carbonyl (C=O) groups excluding carboxylic acids is 1. The van der Waals surface area contributed by atoms with Gasteiger partial charge >= 0.3 is 0 Å². The molecule has 0 fully saturated rings. The van der Waals surface area contributed by atoms with Crippen LogP contribution < -0.4 is 5.32 Å². The van der Waals surface area contributed by atoms with Crippen molar-refractivity contribution in [2.45, 2.75) is 4.90 Å². The van der Waals surface area contributed by atoms with E-state index in [1.165, 1.54) is 12.3 Å². The molecule has 0 bridgehead atoms. The van der Waals surface area contributed by atoms with Gasteiger partial charge in [-0.15, -0.1) is 11.8 Å². The van der Waals surface area contributed by atoms with Gasteiger partial charge in [0.1, 0.15) is 5.15 Å². The van der Waals surface area contributed by atoms with Crippen molar-refractivity contribution >= 4 is 46.6 Å². The predicted octanol–water partition coefficient (Wildman–Crippen LogP) is 4.36. The zero-order chi connectivity index (χ0) is 13.8. The average Bonchev–Trinajstić information content (AvgIpc) is 2.41. The number of rotatable bonds is 3. The third-order valence-electron chi connectivity index (χ3n) is 2.39. The molecule has 1 aromatic heterocycles. The van der Waals surface area contributed by atoms with Crippen molar-refractivity contribution < 1.29 is 4.79 Å². The van der Waals surface area contributed by atoms with Crippen molar-refractivity contribution in [1.29, 1.82) is 0 Å². The van der Waals surface area contributed by atoms with Crippen LogP contribution in [0.5, 0.6) is 0 Å². The number of hydrogen-bond acceptors (Lipinski definition) is 3. The zero-order valence-electron chi connectivity index (χ0n) is 9.98. The van der Waals surface area contributed by atoms with Gasteiger partial charge in [-0.05, 0) is 30.5 Å². The molecule has 6 heteroatoms. The Bertz CT molecular complexity index is 619. The highest BCUT2D eigenvalue weighted by Crippen LogP contribution is 2.22. The molecule has 0 radical (unpaired) electrons. The van der Waals surface area contributed by atoms with Crippen molar-refractivity contribution in [1.82, 2.24) is 4.98 Å². The SMILES string of the molecule is CSc1cccc(NC(=O)c2cc(Cl)ncc2Cl)c1. The van der Waals surface area contributed by atoms with Gasteiger partial charge in [0.15, 0.2) is 0 Å². The first-order valence-electron chi connectivity index (χ1n) is 5.36. The molecule has 0 atom stereocenters. The summed E-state index contributed by atoms with van der Waals surface area (Å²) in [7, 11) is 0. The molecule has 1 aromatic carbocycles. The number of halogens is 2. The second kappa shape index (κ2) is 6.28. The Morgan fingerprint density at radius 3 is 2.84 bits per heavy atom. The highest BCUT2D eigenvalue weighted by molar-refractivity contribution is 7.98. The molecule has 3 nitrogen and oxygen atoms in total. The summed E-state index contributed by atoms with van der Waals surface area (Å²) in [6.45, 7) is 0. The minimum absolute atomic E-state index is 0.229. The van der Waals surface area contributed by atoms with Gasteiger partial charge in [0.25, 0.3) is 5.91 Å². The van der Waals surface area contributed by atoms with Crippen molar-refractivity contribution in [2.75, 3.05) is 11.6 Å². The number of amides is 1. The van der Waals surface area contributed by atoms with Crippen LogP contribution in [0.15, 0.2) is 41.4 Å². The molecule has 1 heterocycles. The Hall–Kier alpha value is -1.23. The maximum atomic E-state index is 12.1. The number of aromatic nitrogens is 1. The Kier molecular flexibility index (Phi) is 4.69. The van der Waals surface area contributed by atoms with Gasteiger partial charge in [-0.2, -0.15) is 0 Å². The Morgan fingerprint density at radius 1 is 1.32 bits per heavy atom. The van der Waals surface area contributed by atoms with Crippen LogP contribution in [0.4, 0.5) is 5.69 Å². The van der Waals surface area contributed by atoms with Crippen molar-refractivity contribution in [3.8, 4) is 0 Å². The van der Waals surface area contributed by atoms with E-state index in [1.807, 2.05) is 30.5 Å². The standard InChI is InChI=1S/C13H10Cl2N2OS/c1-19-9-4-2-3-8(5-9)17-13(18)10-6-12(15)16-7-11(10)14/h2-7H,1H3,(H,17,18). The minimum atomic E-state index is -0.312. The van der Waals surface area contributed by atoms with Crippen molar-refractivity contribution in [2.24, 2.45) is 0 Å². The molecule has 19 heavy (non-hydrogen) atoms. The van der Waals surface area contributed by atoms with Gasteiger partial charge in [0.05, 0.1) is 10.6 Å². The lowest BCUT2D eigenvalue weighted by Crippen LogP contribution is -2.12. The van der Waals surface area contributed by atoms with Crippen LogP contribution in [-0.4, -0.2) is 17.1 Å². The summed E-state index contributed by atoms with van der Waals surface area (Å²) in [5.74, 6) is -0.312. The summed E-state index contributed by atoms with van der Waals surface area (Å²) in [5.41, 5.74) is 1.01. The fourth-order valence-corrected chi connectivity index (χ4v) is 2.29. The lowest BCUT2D eigenvalue weighted by Gasteiger charge is -2.07. The topological polar surface area (TPSA) is 42.0 Å². The summed E-state index contributed by atoms with van der Waals surface area (Å²) in [5, 5.41) is 3.27. The lowest BCUT2D eigenvalue weighted by molar-refractivity contribution is 0.102. The van der Waals surface area contributed by atoms with E-state index in [-0.39, 0.29) is 16.1 Å². The summed E-state index contributed by atoms with van der Waals surface area (Å²) < 4.78 is 0. The second-order valence-electron chi connectivity index (χ2n) is 3.67. The quantitative estimate of drug-likeness (QED) is 0.676. The Morgan fingerprint density at radius 2 is 2.11 bits per heavy atom. The summed E-state index contributed by atoms with van der Waals surface area (Å²) >= 11 is 13.3. The molecule has 1 N–H and O–H groups in total. The number of nitrogens with one attached hydrogen (secondary N) is 1. The first-order chi connectivity index (χ1) is 9.10. The molecule has 1 amide bonds. The third-order valence-corrected chi connectivity index (χ3v) is 3.63. The molecule has 0 saturated carbocycles. The number of benzene rings is 1. The Labute approximate surface area is 125 Å². The number of nitrogens with zero attached hydrogens (tertiary/aromatic N) is 1. The first kappa shape index (κ1) is 14.2. The van der Waals surface area contributed by atoms with Crippen LogP contribution in [0.25, 0.3) is 0 Å². The molecular weight excluding hydrogens is 303 g/mol. The number of anilines is 1. The first-order valence-corrected chi connectivity index (χ1v) is 7.34. The summed E-state index contributed by atoms with van der Waals surface area (Å²) in [6.07, 6.45) is 3.33. The normalized spacial score (nSPS) is 10.3. The second-order valence-corrected chi connectivity index (χ2v) is 5.35. The van der Waals surface area contributed by atoms with E-state index < -0.39 is 0 Å². The zero-order valence-corrected chi connectivity index (χ0v) is 12.3. The fraction of sp³-hybridized carbons (Fsp3) is 0.0769. The summed E-state index contributed by atoms with van der Waals surface area (Å²) in [6, 6.07) is 8.99. The lowest BCUT2D eigenvalue weighted by atomic mass is 10.2. The maximum Gasteiger partial charge on any atom is 0.257 e. The van der Waals surface area contributed by atoms with Crippen LogP contribution in [-0.2, 0) is 0 Å². The molecule has 0 aliphatic rings.